The minimum Gasteiger partial charge on any atom is -0.550 e. The van der Waals surface area contributed by atoms with Crippen LogP contribution >= 0.6 is 0 Å². The molecule has 0 saturated carbocycles. The Labute approximate surface area is 114 Å². The average molecular weight is 224 g/mol. The second-order valence-electron chi connectivity index (χ2n) is 1.33. The minimum absolute atomic E-state index is 0. The molecule has 0 aromatic carbocycles. The first-order valence-electron chi connectivity index (χ1n) is 2.59. The first-order chi connectivity index (χ1) is 4.79. The van der Waals surface area contributed by atoms with Crippen LogP contribution in [0.2, 0.25) is 0 Å². The average Bonchev–Trinajstić information content (AvgIpc) is 1.58. The summed E-state index contributed by atoms with van der Waals surface area (Å²) in [5, 5.41) is 8.89. The van der Waals surface area contributed by atoms with Crippen LogP contribution in [0.15, 0.2) is 0 Å². The fourth-order valence-corrected chi connectivity index (χ4v) is 0.447. The molecule has 0 amide bonds. The summed E-state index contributed by atoms with van der Waals surface area (Å²) in [5.41, 5.74) is 0. The molecule has 0 aliphatic carbocycles. The summed E-state index contributed by atoms with van der Waals surface area (Å²) in [6.07, 6.45) is 0. The third-order valence-electron chi connectivity index (χ3n) is 0.267. The van der Waals surface area contributed by atoms with E-state index < -0.39 is 16.4 Å². The number of hydrogen-bond acceptors (Lipinski definition) is 5. The van der Waals surface area contributed by atoms with E-state index in [0.29, 0.717) is 0 Å². The maximum atomic E-state index is 9.56. The number of carbonyl (C=O) groups is 1. The minimum atomic E-state index is -4.17. The molecule has 1 N–H and O–H groups in total. The molecule has 0 aromatic heterocycles. The van der Waals surface area contributed by atoms with Crippen LogP contribution in [-0.4, -0.2) is 25.5 Å². The zero-order valence-corrected chi connectivity index (χ0v) is 11.0. The van der Waals surface area contributed by atoms with Crippen molar-refractivity contribution in [3.63, 3.8) is 0 Å². The number of rotatable bonds is 2. The molecule has 0 heterocycles. The van der Waals surface area contributed by atoms with Gasteiger partial charge in [0.15, 0.2) is 0 Å². The SMILES string of the molecule is CC(=O)[O-].CCOS(=O)(=O)O.[K+]. The number of aliphatic carboxylic acids is 1. The number of carboxylic acids is 1. The Morgan fingerprint density at radius 1 is 1.58 bits per heavy atom. The zero-order valence-electron chi connectivity index (χ0n) is 7.10. The molecule has 68 valence electrons. The molecule has 0 aromatic rings. The van der Waals surface area contributed by atoms with Gasteiger partial charge in [0.2, 0.25) is 0 Å². The fraction of sp³-hybridized carbons (Fsp3) is 0.750. The second kappa shape index (κ2) is 10.1. The smallest absolute Gasteiger partial charge is 0.550 e. The van der Waals surface area contributed by atoms with Gasteiger partial charge in [-0.2, -0.15) is 8.42 Å². The Kier molecular flexibility index (Phi) is 15.7. The topological polar surface area (TPSA) is 104 Å². The van der Waals surface area contributed by atoms with Gasteiger partial charge >= 0.3 is 61.8 Å². The van der Waals surface area contributed by atoms with Crippen LogP contribution in [0.3, 0.4) is 0 Å². The van der Waals surface area contributed by atoms with Gasteiger partial charge in [0.05, 0.1) is 6.61 Å². The van der Waals surface area contributed by atoms with Gasteiger partial charge in [-0.3, -0.25) is 4.55 Å². The Hall–Kier alpha value is 0.976. The molecule has 0 saturated heterocycles. The number of carboxylic acid groups (broad SMARTS) is 1. The van der Waals surface area contributed by atoms with Crippen molar-refractivity contribution in [1.29, 1.82) is 0 Å². The van der Waals surface area contributed by atoms with Gasteiger partial charge in [0.25, 0.3) is 0 Å². The van der Waals surface area contributed by atoms with E-state index in [4.69, 9.17) is 14.5 Å². The quantitative estimate of drug-likeness (QED) is 0.375. The molecule has 6 nitrogen and oxygen atoms in total. The molecule has 0 aliphatic rings. The van der Waals surface area contributed by atoms with Crippen molar-refractivity contribution in [2.24, 2.45) is 0 Å². The van der Waals surface area contributed by atoms with E-state index in [1.807, 2.05) is 0 Å². The molecule has 8 heteroatoms. The standard InChI is InChI=1S/C2H6O4S.C2H4O2.K/c1-2-6-7(3,4)5;1-2(3)4;/h2H2,1H3,(H,3,4,5);1H3,(H,3,4);/q;;+1/p-1. The van der Waals surface area contributed by atoms with E-state index in [-0.39, 0.29) is 58.0 Å². The normalized spacial score (nSPS) is 8.92. The van der Waals surface area contributed by atoms with E-state index in [9.17, 15) is 8.42 Å². The second-order valence-corrected chi connectivity index (χ2v) is 2.42. The van der Waals surface area contributed by atoms with Gasteiger partial charge in [0.1, 0.15) is 0 Å². The molecule has 0 aliphatic heterocycles. The first-order valence-corrected chi connectivity index (χ1v) is 3.95. The van der Waals surface area contributed by atoms with Gasteiger partial charge in [-0.15, -0.1) is 0 Å². The first kappa shape index (κ1) is 18.7. The summed E-state index contributed by atoms with van der Waals surface area (Å²) in [7, 11) is -4.17. The zero-order chi connectivity index (χ0) is 9.49. The molecule has 0 rings (SSSR count). The van der Waals surface area contributed by atoms with Crippen molar-refractivity contribution in [3.8, 4) is 0 Å². The van der Waals surface area contributed by atoms with Crippen LogP contribution in [0.1, 0.15) is 13.8 Å². The Morgan fingerprint density at radius 2 is 1.83 bits per heavy atom. The molecule has 0 fully saturated rings. The molecular formula is C4H9KO6S. The van der Waals surface area contributed by atoms with Gasteiger partial charge in [-0.25, -0.2) is 4.18 Å². The molecule has 0 radical (unpaired) electrons. The molecule has 12 heavy (non-hydrogen) atoms. The predicted octanol–water partition coefficient (Wildman–Crippen LogP) is -4.41. The Balaban J connectivity index is -0.000000142. The van der Waals surface area contributed by atoms with Gasteiger partial charge < -0.3 is 9.90 Å². The monoisotopic (exact) mass is 224 g/mol. The molecule has 0 unspecified atom stereocenters. The van der Waals surface area contributed by atoms with Gasteiger partial charge in [-0.1, -0.05) is 0 Å². The van der Waals surface area contributed by atoms with Crippen LogP contribution < -0.4 is 56.5 Å². The van der Waals surface area contributed by atoms with Crippen molar-refractivity contribution in [1.82, 2.24) is 0 Å². The van der Waals surface area contributed by atoms with E-state index in [2.05, 4.69) is 4.18 Å². The van der Waals surface area contributed by atoms with Crippen molar-refractivity contribution in [2.45, 2.75) is 13.8 Å². The van der Waals surface area contributed by atoms with E-state index in [1.165, 1.54) is 6.92 Å². The summed E-state index contributed by atoms with van der Waals surface area (Å²) in [6, 6.07) is 0. The van der Waals surface area contributed by atoms with Crippen molar-refractivity contribution in [3.05, 3.63) is 0 Å². The molecule has 0 atom stereocenters. The summed E-state index contributed by atoms with van der Waals surface area (Å²) in [6.45, 7) is 2.41. The maximum Gasteiger partial charge on any atom is 1.00 e. The molecule has 0 spiro atoms. The van der Waals surface area contributed by atoms with Crippen LogP contribution in [-0.2, 0) is 19.4 Å². The van der Waals surface area contributed by atoms with Crippen LogP contribution in [0.5, 0.6) is 0 Å². The number of carbonyl (C=O) groups excluding carboxylic acids is 1. The fourth-order valence-electron chi connectivity index (χ4n) is 0.149. The van der Waals surface area contributed by atoms with Gasteiger partial charge in [-0.05, 0) is 13.8 Å². The van der Waals surface area contributed by atoms with Gasteiger partial charge in [0, 0.05) is 5.97 Å². The molecule has 0 bridgehead atoms. The van der Waals surface area contributed by atoms with Crippen LogP contribution in [0.25, 0.3) is 0 Å². The third kappa shape index (κ3) is 44.1. The van der Waals surface area contributed by atoms with Crippen LogP contribution in [0.4, 0.5) is 0 Å². The largest absolute Gasteiger partial charge is 1.00 e. The molecular weight excluding hydrogens is 215 g/mol. The number of hydrogen-bond donors (Lipinski definition) is 1. The van der Waals surface area contributed by atoms with Crippen LogP contribution in [0, 0.1) is 0 Å². The maximum absolute atomic E-state index is 9.56. The third-order valence-corrected chi connectivity index (χ3v) is 0.800. The Morgan fingerprint density at radius 3 is 1.83 bits per heavy atom. The van der Waals surface area contributed by atoms with Crippen molar-refractivity contribution >= 4 is 16.4 Å². The predicted molar refractivity (Wildman–Crippen MR) is 33.9 cm³/mol. The summed E-state index contributed by atoms with van der Waals surface area (Å²) in [5.74, 6) is -1.08. The van der Waals surface area contributed by atoms with E-state index >= 15 is 0 Å². The summed E-state index contributed by atoms with van der Waals surface area (Å²) in [4.78, 5) is 8.89. The van der Waals surface area contributed by atoms with Crippen molar-refractivity contribution < 1.29 is 78.4 Å². The summed E-state index contributed by atoms with van der Waals surface area (Å²) >= 11 is 0. The van der Waals surface area contributed by atoms with E-state index in [1.54, 1.807) is 0 Å². The van der Waals surface area contributed by atoms with Crippen molar-refractivity contribution in [2.75, 3.05) is 6.61 Å². The summed E-state index contributed by atoms with van der Waals surface area (Å²) < 4.78 is 30.7. The Bertz CT molecular complexity index is 194. The van der Waals surface area contributed by atoms with E-state index in [0.717, 1.165) is 6.92 Å².